The molecule has 2 rings (SSSR count). The molecule has 0 bridgehead atoms. The Morgan fingerprint density at radius 1 is 1.24 bits per heavy atom. The molecule has 118 valence electrons. The van der Waals surface area contributed by atoms with Gasteiger partial charge in [-0.3, -0.25) is 4.90 Å². The maximum absolute atomic E-state index is 5.90. The Hall–Kier alpha value is -1.40. The zero-order valence-electron chi connectivity index (χ0n) is 13.2. The van der Waals surface area contributed by atoms with Crippen molar-refractivity contribution in [3.63, 3.8) is 0 Å². The van der Waals surface area contributed by atoms with Gasteiger partial charge in [0.15, 0.2) is 0 Å². The lowest BCUT2D eigenvalue weighted by molar-refractivity contribution is 0.179. The first-order valence-corrected chi connectivity index (χ1v) is 7.92. The highest BCUT2D eigenvalue weighted by molar-refractivity contribution is 5.41. The first-order valence-electron chi connectivity index (χ1n) is 7.92. The zero-order valence-corrected chi connectivity index (χ0v) is 13.2. The van der Waals surface area contributed by atoms with Crippen LogP contribution in [-0.4, -0.2) is 60.2 Å². The van der Waals surface area contributed by atoms with Crippen molar-refractivity contribution in [1.29, 1.82) is 0 Å². The number of nitrogens with zero attached hydrogens (tertiary/aromatic N) is 4. The standard InChI is InChI=1S/C15H27N5O/c1-3-5-13(11-16)19-6-8-20(9-7-19)14-10-15(21-4-2)18-12-17-14/h10,12-13H,3-9,11,16H2,1-2H3. The molecule has 1 aliphatic heterocycles. The van der Waals surface area contributed by atoms with Crippen LogP contribution in [0.25, 0.3) is 0 Å². The van der Waals surface area contributed by atoms with E-state index < -0.39 is 0 Å². The van der Waals surface area contributed by atoms with Crippen molar-refractivity contribution in [3.8, 4) is 5.88 Å². The summed E-state index contributed by atoms with van der Waals surface area (Å²) in [5, 5.41) is 0. The van der Waals surface area contributed by atoms with E-state index in [2.05, 4.69) is 26.7 Å². The van der Waals surface area contributed by atoms with Gasteiger partial charge in [0.2, 0.25) is 5.88 Å². The molecule has 1 unspecified atom stereocenters. The van der Waals surface area contributed by atoms with Crippen molar-refractivity contribution in [2.24, 2.45) is 5.73 Å². The van der Waals surface area contributed by atoms with Crippen LogP contribution in [0.5, 0.6) is 5.88 Å². The third-order valence-electron chi connectivity index (χ3n) is 3.97. The van der Waals surface area contributed by atoms with Gasteiger partial charge in [0.1, 0.15) is 12.1 Å². The van der Waals surface area contributed by atoms with Crippen molar-refractivity contribution in [1.82, 2.24) is 14.9 Å². The van der Waals surface area contributed by atoms with Crippen LogP contribution in [0.15, 0.2) is 12.4 Å². The molecule has 2 N–H and O–H groups in total. The molecular weight excluding hydrogens is 266 g/mol. The predicted octanol–water partition coefficient (Wildman–Crippen LogP) is 1.12. The first kappa shape index (κ1) is 16.0. The Morgan fingerprint density at radius 3 is 2.62 bits per heavy atom. The molecule has 0 spiro atoms. The Morgan fingerprint density at radius 2 is 2.00 bits per heavy atom. The van der Waals surface area contributed by atoms with E-state index in [9.17, 15) is 0 Å². The van der Waals surface area contributed by atoms with E-state index in [1.807, 2.05) is 13.0 Å². The van der Waals surface area contributed by atoms with Gasteiger partial charge in [-0.2, -0.15) is 0 Å². The van der Waals surface area contributed by atoms with Crippen molar-refractivity contribution in [2.75, 3.05) is 44.2 Å². The molecule has 1 aromatic rings. The van der Waals surface area contributed by atoms with Crippen molar-refractivity contribution in [3.05, 3.63) is 12.4 Å². The molecule has 1 aromatic heterocycles. The normalized spacial score (nSPS) is 17.8. The van der Waals surface area contributed by atoms with Crippen LogP contribution in [0.2, 0.25) is 0 Å². The third kappa shape index (κ3) is 4.28. The second-order valence-corrected chi connectivity index (χ2v) is 5.35. The summed E-state index contributed by atoms with van der Waals surface area (Å²) in [4.78, 5) is 13.3. The molecule has 1 aliphatic rings. The predicted molar refractivity (Wildman–Crippen MR) is 84.7 cm³/mol. The fourth-order valence-electron chi connectivity index (χ4n) is 2.83. The van der Waals surface area contributed by atoms with Gasteiger partial charge in [-0.25, -0.2) is 9.97 Å². The van der Waals surface area contributed by atoms with Gasteiger partial charge >= 0.3 is 0 Å². The molecule has 0 aromatic carbocycles. The second kappa shape index (κ2) is 8.14. The maximum Gasteiger partial charge on any atom is 0.218 e. The van der Waals surface area contributed by atoms with Crippen molar-refractivity contribution in [2.45, 2.75) is 32.7 Å². The molecule has 6 nitrogen and oxygen atoms in total. The summed E-state index contributed by atoms with van der Waals surface area (Å²) in [6.07, 6.45) is 3.94. The number of hydrogen-bond donors (Lipinski definition) is 1. The number of ether oxygens (including phenoxy) is 1. The second-order valence-electron chi connectivity index (χ2n) is 5.35. The van der Waals surface area contributed by atoms with Gasteiger partial charge < -0.3 is 15.4 Å². The number of nitrogens with two attached hydrogens (primary N) is 1. The van der Waals surface area contributed by atoms with Crippen molar-refractivity contribution >= 4 is 5.82 Å². The molecule has 1 fully saturated rings. The Labute approximate surface area is 127 Å². The minimum Gasteiger partial charge on any atom is -0.478 e. The van der Waals surface area contributed by atoms with Crippen LogP contribution in [-0.2, 0) is 0 Å². The van der Waals surface area contributed by atoms with Gasteiger partial charge in [-0.15, -0.1) is 0 Å². The number of piperazine rings is 1. The lowest BCUT2D eigenvalue weighted by atomic mass is 10.1. The summed E-state index contributed by atoms with van der Waals surface area (Å²) in [5.74, 6) is 1.60. The smallest absolute Gasteiger partial charge is 0.218 e. The molecule has 6 heteroatoms. The lowest BCUT2D eigenvalue weighted by Gasteiger charge is -2.39. The van der Waals surface area contributed by atoms with Crippen LogP contribution in [0, 0.1) is 0 Å². The van der Waals surface area contributed by atoms with E-state index in [-0.39, 0.29) is 0 Å². The van der Waals surface area contributed by atoms with Crippen LogP contribution < -0.4 is 15.4 Å². The number of hydrogen-bond acceptors (Lipinski definition) is 6. The molecule has 0 radical (unpaired) electrons. The van der Waals surface area contributed by atoms with E-state index in [4.69, 9.17) is 10.5 Å². The number of anilines is 1. The maximum atomic E-state index is 5.90. The summed E-state index contributed by atoms with van der Waals surface area (Å²) in [7, 11) is 0. The largest absolute Gasteiger partial charge is 0.478 e. The highest BCUT2D eigenvalue weighted by Crippen LogP contribution is 2.19. The van der Waals surface area contributed by atoms with Gasteiger partial charge in [0.25, 0.3) is 0 Å². The molecule has 0 saturated carbocycles. The summed E-state index contributed by atoms with van der Waals surface area (Å²) >= 11 is 0. The van der Waals surface area contributed by atoms with E-state index in [0.29, 0.717) is 18.5 Å². The monoisotopic (exact) mass is 293 g/mol. The topological polar surface area (TPSA) is 67.5 Å². The van der Waals surface area contributed by atoms with E-state index >= 15 is 0 Å². The first-order chi connectivity index (χ1) is 10.3. The highest BCUT2D eigenvalue weighted by Gasteiger charge is 2.23. The number of rotatable bonds is 7. The fraction of sp³-hybridized carbons (Fsp3) is 0.733. The van der Waals surface area contributed by atoms with Gasteiger partial charge in [-0.1, -0.05) is 13.3 Å². The third-order valence-corrected chi connectivity index (χ3v) is 3.97. The Bertz CT molecular complexity index is 420. The summed E-state index contributed by atoms with van der Waals surface area (Å²) in [6, 6.07) is 2.44. The van der Waals surface area contributed by atoms with E-state index in [1.165, 1.54) is 12.8 Å². The molecule has 0 amide bonds. The molecular formula is C15H27N5O. The number of aromatic nitrogens is 2. The Kier molecular flexibility index (Phi) is 6.20. The Balaban J connectivity index is 1.92. The average molecular weight is 293 g/mol. The van der Waals surface area contributed by atoms with Gasteiger partial charge in [-0.05, 0) is 13.3 Å². The lowest BCUT2D eigenvalue weighted by Crippen LogP contribution is -2.52. The minimum absolute atomic E-state index is 0.515. The highest BCUT2D eigenvalue weighted by atomic mass is 16.5. The van der Waals surface area contributed by atoms with Crippen molar-refractivity contribution < 1.29 is 4.74 Å². The van der Waals surface area contributed by atoms with Gasteiger partial charge in [0.05, 0.1) is 6.61 Å². The minimum atomic E-state index is 0.515. The van der Waals surface area contributed by atoms with Crippen LogP contribution in [0.4, 0.5) is 5.82 Å². The average Bonchev–Trinajstić information content (AvgIpc) is 2.53. The molecule has 21 heavy (non-hydrogen) atoms. The summed E-state index contributed by atoms with van der Waals surface area (Å²) in [6.45, 7) is 9.57. The van der Waals surface area contributed by atoms with Crippen LogP contribution in [0.1, 0.15) is 26.7 Å². The van der Waals surface area contributed by atoms with Crippen LogP contribution in [0.3, 0.4) is 0 Å². The quantitative estimate of drug-likeness (QED) is 0.813. The molecule has 1 saturated heterocycles. The summed E-state index contributed by atoms with van der Waals surface area (Å²) in [5.41, 5.74) is 5.90. The molecule has 1 atom stereocenters. The van der Waals surface area contributed by atoms with E-state index in [1.54, 1.807) is 6.33 Å². The van der Waals surface area contributed by atoms with Crippen LogP contribution >= 0.6 is 0 Å². The zero-order chi connectivity index (χ0) is 15.1. The van der Waals surface area contributed by atoms with Gasteiger partial charge in [0, 0.05) is 44.8 Å². The molecule has 0 aliphatic carbocycles. The molecule has 2 heterocycles. The fourth-order valence-corrected chi connectivity index (χ4v) is 2.83. The summed E-state index contributed by atoms with van der Waals surface area (Å²) < 4.78 is 5.44. The van der Waals surface area contributed by atoms with E-state index in [0.717, 1.165) is 38.5 Å². The SMILES string of the molecule is CCCC(CN)N1CCN(c2cc(OCC)ncn2)CC1.